The zero-order valence-electron chi connectivity index (χ0n) is 24.9. The second-order valence-corrected chi connectivity index (χ2v) is 17.0. The lowest BCUT2D eigenvalue weighted by Crippen LogP contribution is -2.57. The third-order valence-electron chi connectivity index (χ3n) is 8.37. The molecule has 40 heavy (non-hydrogen) atoms. The highest BCUT2D eigenvalue weighted by Gasteiger charge is 2.42. The zero-order valence-corrected chi connectivity index (χ0v) is 25.9. The predicted octanol–water partition coefficient (Wildman–Crippen LogP) is 8.56. The van der Waals surface area contributed by atoms with E-state index in [0.717, 1.165) is 0 Å². The number of hydrogen-bond acceptors (Lipinski definition) is 3. The molecule has 4 rings (SSSR count). The Morgan fingerprint density at radius 1 is 0.650 bits per heavy atom. The zero-order chi connectivity index (χ0) is 28.6. The van der Waals surface area contributed by atoms with Crippen LogP contribution in [0.5, 0.6) is 0 Å². The number of hydrogen-bond donors (Lipinski definition) is 1. The first-order valence-electron chi connectivity index (χ1n) is 14.4. The van der Waals surface area contributed by atoms with E-state index in [-0.39, 0.29) is 17.2 Å². The van der Waals surface area contributed by atoms with Crippen LogP contribution in [0.1, 0.15) is 49.9 Å². The van der Waals surface area contributed by atoms with E-state index in [4.69, 9.17) is 9.16 Å². The number of ether oxygens (including phenoxy) is 1. The van der Waals surface area contributed by atoms with Gasteiger partial charge in [-0.15, -0.1) is 0 Å². The van der Waals surface area contributed by atoms with Gasteiger partial charge in [-0.05, 0) is 47.3 Å². The standard InChI is InChI=1S/C36H45NO2Si/c1-29(38-27-30-19-11-7-12-20-30)34(28-39-40(5,6)35(2,3)4)37-36(31-21-13-8-14-22-31,32-23-15-9-16-24-32)33-25-17-10-18-26-33/h7-26,29,34,37H,27-28H2,1-6H3/t29-,34-/m1/s1. The lowest BCUT2D eigenvalue weighted by Gasteiger charge is -2.43. The molecule has 4 aromatic rings. The summed E-state index contributed by atoms with van der Waals surface area (Å²) in [7, 11) is -2.01. The molecule has 3 nitrogen and oxygen atoms in total. The third kappa shape index (κ3) is 6.99. The number of nitrogens with one attached hydrogen (secondary N) is 1. The molecule has 0 aliphatic heterocycles. The minimum absolute atomic E-state index is 0.0848. The van der Waals surface area contributed by atoms with Gasteiger partial charge >= 0.3 is 0 Å². The summed E-state index contributed by atoms with van der Waals surface area (Å²) < 4.78 is 13.4. The molecule has 0 heterocycles. The normalized spacial score (nSPS) is 14.1. The number of rotatable bonds is 12. The lowest BCUT2D eigenvalue weighted by molar-refractivity contribution is 0.00766. The van der Waals surface area contributed by atoms with Gasteiger partial charge in [0.2, 0.25) is 0 Å². The minimum atomic E-state index is -2.01. The van der Waals surface area contributed by atoms with Crippen LogP contribution in [-0.4, -0.2) is 27.1 Å². The second-order valence-electron chi connectivity index (χ2n) is 12.2. The van der Waals surface area contributed by atoms with Crippen LogP contribution in [0.2, 0.25) is 18.1 Å². The highest BCUT2D eigenvalue weighted by atomic mass is 28.4. The van der Waals surface area contributed by atoms with Crippen LogP contribution in [0.4, 0.5) is 0 Å². The topological polar surface area (TPSA) is 30.5 Å². The fourth-order valence-electron chi connectivity index (χ4n) is 4.82. The molecular weight excluding hydrogens is 506 g/mol. The highest BCUT2D eigenvalue weighted by molar-refractivity contribution is 6.74. The molecule has 0 amide bonds. The van der Waals surface area contributed by atoms with Crippen molar-refractivity contribution >= 4 is 8.32 Å². The van der Waals surface area contributed by atoms with Gasteiger partial charge in [0.25, 0.3) is 0 Å². The average molecular weight is 552 g/mol. The van der Waals surface area contributed by atoms with E-state index in [2.05, 4.69) is 161 Å². The molecule has 0 aromatic heterocycles. The van der Waals surface area contributed by atoms with Gasteiger partial charge < -0.3 is 9.16 Å². The second kappa shape index (κ2) is 13.1. The van der Waals surface area contributed by atoms with E-state index in [1.54, 1.807) is 0 Å². The van der Waals surface area contributed by atoms with Gasteiger partial charge in [0.05, 0.1) is 30.9 Å². The highest BCUT2D eigenvalue weighted by Crippen LogP contribution is 2.39. The Bertz CT molecular complexity index is 1190. The summed E-state index contributed by atoms with van der Waals surface area (Å²) in [6.45, 7) is 14.8. The van der Waals surface area contributed by atoms with Crippen molar-refractivity contribution < 1.29 is 9.16 Å². The van der Waals surface area contributed by atoms with E-state index in [1.165, 1.54) is 22.3 Å². The first kappa shape index (κ1) is 29.9. The van der Waals surface area contributed by atoms with Crippen molar-refractivity contribution in [1.29, 1.82) is 0 Å². The van der Waals surface area contributed by atoms with E-state index in [0.29, 0.717) is 13.2 Å². The molecule has 0 unspecified atom stereocenters. The van der Waals surface area contributed by atoms with Crippen LogP contribution < -0.4 is 5.32 Å². The lowest BCUT2D eigenvalue weighted by atomic mass is 9.76. The van der Waals surface area contributed by atoms with Gasteiger partial charge in [-0.25, -0.2) is 0 Å². The summed E-state index contributed by atoms with van der Waals surface area (Å²) in [4.78, 5) is 0. The molecule has 0 bridgehead atoms. The van der Waals surface area contributed by atoms with Crippen LogP contribution >= 0.6 is 0 Å². The summed E-state index contributed by atoms with van der Waals surface area (Å²) in [5.74, 6) is 0. The molecule has 0 spiro atoms. The first-order chi connectivity index (χ1) is 19.1. The molecule has 0 aliphatic carbocycles. The molecular formula is C36H45NO2Si. The van der Waals surface area contributed by atoms with Crippen molar-refractivity contribution in [1.82, 2.24) is 5.32 Å². The molecule has 1 N–H and O–H groups in total. The van der Waals surface area contributed by atoms with Gasteiger partial charge in [0, 0.05) is 0 Å². The Hall–Kier alpha value is -3.02. The van der Waals surface area contributed by atoms with Gasteiger partial charge in [-0.1, -0.05) is 142 Å². The average Bonchev–Trinajstić information content (AvgIpc) is 2.97. The molecule has 4 heteroatoms. The minimum Gasteiger partial charge on any atom is -0.415 e. The van der Waals surface area contributed by atoms with Gasteiger partial charge in [0.1, 0.15) is 0 Å². The molecule has 0 saturated carbocycles. The van der Waals surface area contributed by atoms with Crippen LogP contribution in [-0.2, 0) is 21.3 Å². The van der Waals surface area contributed by atoms with Crippen molar-refractivity contribution in [3.63, 3.8) is 0 Å². The monoisotopic (exact) mass is 551 g/mol. The number of benzene rings is 4. The molecule has 0 aliphatic rings. The maximum Gasteiger partial charge on any atom is 0.192 e. The van der Waals surface area contributed by atoms with Crippen LogP contribution in [0.15, 0.2) is 121 Å². The Kier molecular flexibility index (Phi) is 9.80. The molecule has 210 valence electrons. The maximum atomic E-state index is 6.88. The fraction of sp³-hybridized carbons (Fsp3) is 0.333. The van der Waals surface area contributed by atoms with Crippen molar-refractivity contribution in [2.75, 3.05) is 6.61 Å². The van der Waals surface area contributed by atoms with Crippen LogP contribution in [0.3, 0.4) is 0 Å². The summed E-state index contributed by atoms with van der Waals surface area (Å²) in [5.41, 5.74) is 4.11. The van der Waals surface area contributed by atoms with Crippen molar-refractivity contribution in [3.8, 4) is 0 Å². The third-order valence-corrected chi connectivity index (χ3v) is 12.9. The molecule has 0 fully saturated rings. The van der Waals surface area contributed by atoms with Crippen LogP contribution in [0.25, 0.3) is 0 Å². The van der Waals surface area contributed by atoms with Gasteiger partial charge in [0.15, 0.2) is 8.32 Å². The summed E-state index contributed by atoms with van der Waals surface area (Å²) >= 11 is 0. The summed E-state index contributed by atoms with van der Waals surface area (Å²) in [6, 6.07) is 42.6. The van der Waals surface area contributed by atoms with Crippen molar-refractivity contribution in [3.05, 3.63) is 144 Å². The van der Waals surface area contributed by atoms with Gasteiger partial charge in [-0.2, -0.15) is 0 Å². The molecule has 2 atom stereocenters. The van der Waals surface area contributed by atoms with E-state index < -0.39 is 13.9 Å². The SMILES string of the molecule is C[C@@H](OCc1ccccc1)[C@@H](CO[Si](C)(C)C(C)(C)C)NC(c1ccccc1)(c1ccccc1)c1ccccc1. The first-order valence-corrected chi connectivity index (χ1v) is 17.3. The van der Waals surface area contributed by atoms with Gasteiger partial charge in [-0.3, -0.25) is 5.32 Å². The Morgan fingerprint density at radius 3 is 1.45 bits per heavy atom. The molecule has 0 radical (unpaired) electrons. The van der Waals surface area contributed by atoms with Crippen LogP contribution in [0, 0.1) is 0 Å². The van der Waals surface area contributed by atoms with Crippen molar-refractivity contribution in [2.24, 2.45) is 0 Å². The quantitative estimate of drug-likeness (QED) is 0.141. The summed E-state index contributed by atoms with van der Waals surface area (Å²) in [6.07, 6.45) is -0.111. The smallest absolute Gasteiger partial charge is 0.192 e. The van der Waals surface area contributed by atoms with Crippen molar-refractivity contribution in [2.45, 2.75) is 70.1 Å². The molecule has 0 saturated heterocycles. The Labute approximate surface area is 242 Å². The van der Waals surface area contributed by atoms with E-state index in [9.17, 15) is 0 Å². The predicted molar refractivity (Wildman–Crippen MR) is 170 cm³/mol. The Morgan fingerprint density at radius 2 is 1.05 bits per heavy atom. The Balaban J connectivity index is 1.79. The fourth-order valence-corrected chi connectivity index (χ4v) is 5.85. The molecule has 4 aromatic carbocycles. The maximum absolute atomic E-state index is 6.88. The largest absolute Gasteiger partial charge is 0.415 e. The van der Waals surface area contributed by atoms with E-state index >= 15 is 0 Å². The summed E-state index contributed by atoms with van der Waals surface area (Å²) in [5, 5.41) is 4.26. The van der Waals surface area contributed by atoms with E-state index in [1.807, 2.05) is 6.07 Å².